The molecule has 0 amide bonds. The van der Waals surface area contributed by atoms with Gasteiger partial charge in [-0.15, -0.1) is 10.2 Å². The van der Waals surface area contributed by atoms with Crippen LogP contribution in [-0.2, 0) is 6.42 Å². The molecule has 1 saturated heterocycles. The number of aromatic amines is 1. The van der Waals surface area contributed by atoms with Gasteiger partial charge in [0.15, 0.2) is 0 Å². The fourth-order valence-electron chi connectivity index (χ4n) is 4.47. The molecule has 4 rings (SSSR count). The summed E-state index contributed by atoms with van der Waals surface area (Å²) in [6.07, 6.45) is 1.86. The molecule has 7 heteroatoms. The molecule has 0 aliphatic carbocycles. The molecule has 1 aliphatic heterocycles. The Hall–Kier alpha value is -2.93. The number of aromatic hydroxyl groups is 1. The predicted molar refractivity (Wildman–Crippen MR) is 119 cm³/mol. The van der Waals surface area contributed by atoms with Crippen molar-refractivity contribution in [3.8, 4) is 17.1 Å². The molecular formula is C23H30N6O. The number of nitrogens with one attached hydrogen (secondary N) is 1. The maximum Gasteiger partial charge on any atom is 0.204 e. The van der Waals surface area contributed by atoms with Crippen LogP contribution in [0.3, 0.4) is 0 Å². The van der Waals surface area contributed by atoms with Crippen molar-refractivity contribution in [2.24, 2.45) is 0 Å². The van der Waals surface area contributed by atoms with Crippen LogP contribution in [0.4, 0.5) is 5.69 Å². The van der Waals surface area contributed by atoms with Gasteiger partial charge in [0.05, 0.1) is 0 Å². The number of H-pyrrole nitrogens is 1. The van der Waals surface area contributed by atoms with E-state index < -0.39 is 0 Å². The molecule has 2 aromatic carbocycles. The number of rotatable bonds is 6. The lowest BCUT2D eigenvalue weighted by atomic mass is 9.98. The van der Waals surface area contributed by atoms with Crippen LogP contribution < -0.4 is 4.90 Å². The van der Waals surface area contributed by atoms with Crippen molar-refractivity contribution in [3.05, 3.63) is 53.6 Å². The van der Waals surface area contributed by atoms with Crippen molar-refractivity contribution in [2.45, 2.75) is 45.7 Å². The van der Waals surface area contributed by atoms with Crippen molar-refractivity contribution < 1.29 is 5.11 Å². The highest BCUT2D eigenvalue weighted by Crippen LogP contribution is 2.30. The molecule has 2 atom stereocenters. The van der Waals surface area contributed by atoms with Gasteiger partial charge in [0, 0.05) is 42.5 Å². The largest absolute Gasteiger partial charge is 0.508 e. The van der Waals surface area contributed by atoms with Gasteiger partial charge in [-0.3, -0.25) is 4.90 Å². The first-order chi connectivity index (χ1) is 14.5. The summed E-state index contributed by atoms with van der Waals surface area (Å²) in [5.74, 6) is 0.885. The maximum absolute atomic E-state index is 10.5. The molecular weight excluding hydrogens is 376 g/mol. The first-order valence-electron chi connectivity index (χ1n) is 10.7. The standard InChI is InChI=1S/C23H30N6O/c1-4-9-28-14-17(3)29(15-16(28)2)20-11-18(12-21(30)13-20)10-19-7-5-6-8-22(19)23-24-26-27-25-23/h5-8,11-13,16-17,30H,4,9-10,14-15H2,1-3H3,(H,24,25,26,27)/t16-,17+/m1/s1. The monoisotopic (exact) mass is 406 g/mol. The minimum Gasteiger partial charge on any atom is -0.508 e. The summed E-state index contributed by atoms with van der Waals surface area (Å²) in [5.41, 5.74) is 4.20. The normalized spacial score (nSPS) is 19.9. The first-order valence-corrected chi connectivity index (χ1v) is 10.7. The van der Waals surface area contributed by atoms with Gasteiger partial charge in [-0.05, 0) is 61.7 Å². The van der Waals surface area contributed by atoms with E-state index in [1.165, 1.54) is 6.42 Å². The smallest absolute Gasteiger partial charge is 0.204 e. The maximum atomic E-state index is 10.5. The van der Waals surface area contributed by atoms with Crippen molar-refractivity contribution >= 4 is 5.69 Å². The summed E-state index contributed by atoms with van der Waals surface area (Å²) in [6.45, 7) is 9.93. The Labute approximate surface area is 177 Å². The summed E-state index contributed by atoms with van der Waals surface area (Å²) in [4.78, 5) is 4.98. The number of phenolic OH excluding ortho intramolecular Hbond substituents is 1. The third kappa shape index (κ3) is 4.31. The molecule has 158 valence electrons. The molecule has 2 N–H and O–H groups in total. The Morgan fingerprint density at radius 1 is 1.10 bits per heavy atom. The van der Waals surface area contributed by atoms with E-state index in [-0.39, 0.29) is 0 Å². The average Bonchev–Trinajstić information content (AvgIpc) is 3.25. The molecule has 7 nitrogen and oxygen atoms in total. The van der Waals surface area contributed by atoms with E-state index in [4.69, 9.17) is 0 Å². The second-order valence-electron chi connectivity index (χ2n) is 8.27. The zero-order valence-electron chi connectivity index (χ0n) is 17.9. The fraction of sp³-hybridized carbons (Fsp3) is 0.435. The topological polar surface area (TPSA) is 81.2 Å². The molecule has 2 heterocycles. The molecule has 0 spiro atoms. The van der Waals surface area contributed by atoms with Crippen LogP contribution in [0.2, 0.25) is 0 Å². The van der Waals surface area contributed by atoms with Crippen LogP contribution in [0.25, 0.3) is 11.4 Å². The molecule has 3 aromatic rings. The van der Waals surface area contributed by atoms with Crippen LogP contribution in [0.15, 0.2) is 42.5 Å². The minimum atomic E-state index is 0.301. The van der Waals surface area contributed by atoms with Crippen LogP contribution in [0.1, 0.15) is 38.3 Å². The predicted octanol–water partition coefficient (Wildman–Crippen LogP) is 3.47. The van der Waals surface area contributed by atoms with Gasteiger partial charge in [-0.1, -0.05) is 31.2 Å². The fourth-order valence-corrected chi connectivity index (χ4v) is 4.47. The van der Waals surface area contributed by atoms with E-state index in [2.05, 4.69) is 63.3 Å². The Morgan fingerprint density at radius 2 is 1.93 bits per heavy atom. The van der Waals surface area contributed by atoms with Gasteiger partial charge in [0.2, 0.25) is 5.82 Å². The second-order valence-corrected chi connectivity index (χ2v) is 8.27. The lowest BCUT2D eigenvalue weighted by molar-refractivity contribution is 0.166. The van der Waals surface area contributed by atoms with Crippen molar-refractivity contribution in [1.29, 1.82) is 0 Å². The van der Waals surface area contributed by atoms with Crippen LogP contribution >= 0.6 is 0 Å². The van der Waals surface area contributed by atoms with Crippen molar-refractivity contribution in [2.75, 3.05) is 24.5 Å². The van der Waals surface area contributed by atoms with Gasteiger partial charge < -0.3 is 10.0 Å². The zero-order chi connectivity index (χ0) is 21.1. The molecule has 0 unspecified atom stereocenters. The number of anilines is 1. The molecule has 30 heavy (non-hydrogen) atoms. The van der Waals surface area contributed by atoms with E-state index in [0.29, 0.717) is 30.1 Å². The van der Waals surface area contributed by atoms with Crippen LogP contribution in [-0.4, -0.2) is 62.3 Å². The quantitative estimate of drug-likeness (QED) is 0.652. The number of phenols is 1. The van der Waals surface area contributed by atoms with E-state index in [1.807, 2.05) is 30.3 Å². The Balaban J connectivity index is 1.60. The van der Waals surface area contributed by atoms with E-state index in [9.17, 15) is 5.11 Å². The Morgan fingerprint density at radius 3 is 2.70 bits per heavy atom. The van der Waals surface area contributed by atoms with Crippen LogP contribution in [0, 0.1) is 0 Å². The first kappa shape index (κ1) is 20.3. The lowest BCUT2D eigenvalue weighted by Gasteiger charge is -2.45. The van der Waals surface area contributed by atoms with Gasteiger partial charge in [-0.2, -0.15) is 5.21 Å². The van der Waals surface area contributed by atoms with E-state index in [1.54, 1.807) is 0 Å². The summed E-state index contributed by atoms with van der Waals surface area (Å²) >= 11 is 0. The number of hydrogen-bond acceptors (Lipinski definition) is 6. The zero-order valence-corrected chi connectivity index (χ0v) is 17.9. The molecule has 0 bridgehead atoms. The molecule has 1 aliphatic rings. The molecule has 1 aromatic heterocycles. The van der Waals surface area contributed by atoms with Gasteiger partial charge >= 0.3 is 0 Å². The van der Waals surface area contributed by atoms with Crippen molar-refractivity contribution in [3.63, 3.8) is 0 Å². The summed E-state index contributed by atoms with van der Waals surface area (Å²) in [5, 5.41) is 24.9. The summed E-state index contributed by atoms with van der Waals surface area (Å²) in [6, 6.07) is 14.9. The third-order valence-corrected chi connectivity index (χ3v) is 5.92. The van der Waals surface area contributed by atoms with Crippen LogP contribution in [0.5, 0.6) is 5.75 Å². The second kappa shape index (κ2) is 8.83. The highest BCUT2D eigenvalue weighted by atomic mass is 16.3. The number of benzene rings is 2. The minimum absolute atomic E-state index is 0.301. The Kier molecular flexibility index (Phi) is 5.99. The average molecular weight is 407 g/mol. The highest BCUT2D eigenvalue weighted by Gasteiger charge is 2.29. The molecule has 1 fully saturated rings. The summed E-state index contributed by atoms with van der Waals surface area (Å²) in [7, 11) is 0. The van der Waals surface area contributed by atoms with E-state index in [0.717, 1.165) is 42.0 Å². The lowest BCUT2D eigenvalue weighted by Crippen LogP contribution is -2.56. The third-order valence-electron chi connectivity index (χ3n) is 5.92. The highest BCUT2D eigenvalue weighted by molar-refractivity contribution is 5.61. The Bertz CT molecular complexity index is 974. The number of tetrazole rings is 1. The molecule has 0 saturated carbocycles. The van der Waals surface area contributed by atoms with Crippen molar-refractivity contribution in [1.82, 2.24) is 25.5 Å². The number of hydrogen-bond donors (Lipinski definition) is 2. The summed E-state index contributed by atoms with van der Waals surface area (Å²) < 4.78 is 0. The van der Waals surface area contributed by atoms with Gasteiger partial charge in [0.1, 0.15) is 5.75 Å². The SMILES string of the molecule is CCCN1C[C@H](C)N(c2cc(O)cc(Cc3ccccc3-c3nn[nH]n3)c2)C[C@H]1C. The van der Waals surface area contributed by atoms with Gasteiger partial charge in [0.25, 0.3) is 0 Å². The number of nitrogens with zero attached hydrogens (tertiary/aromatic N) is 5. The molecule has 0 radical (unpaired) electrons. The number of piperazine rings is 1. The van der Waals surface area contributed by atoms with E-state index >= 15 is 0 Å². The number of aromatic nitrogens is 4. The van der Waals surface area contributed by atoms with Gasteiger partial charge in [-0.25, -0.2) is 0 Å².